The maximum Gasteiger partial charge on any atom is 0.197 e. The van der Waals surface area contributed by atoms with E-state index >= 15 is 0 Å². The predicted octanol–water partition coefficient (Wildman–Crippen LogP) is 3.30. The third kappa shape index (κ3) is 2.62. The fraction of sp³-hybridized carbons (Fsp3) is 0.0909. The number of benzene rings is 1. The Hall–Kier alpha value is -1.33. The van der Waals surface area contributed by atoms with E-state index in [0.29, 0.717) is 10.5 Å². The van der Waals surface area contributed by atoms with Crippen LogP contribution in [0.3, 0.4) is 0 Å². The Kier molecular flexibility index (Phi) is 3.58. The molecule has 0 amide bonds. The summed E-state index contributed by atoms with van der Waals surface area (Å²) in [5.41, 5.74) is 0. The summed E-state index contributed by atoms with van der Waals surface area (Å²) in [4.78, 5) is 8.11. The zero-order valence-corrected chi connectivity index (χ0v) is 10.3. The van der Waals surface area contributed by atoms with Crippen molar-refractivity contribution in [2.24, 2.45) is 0 Å². The smallest absolute Gasteiger partial charge is 0.197 e. The van der Waals surface area contributed by atoms with Crippen LogP contribution in [0, 0.1) is 4.77 Å². The minimum atomic E-state index is 0.458. The summed E-state index contributed by atoms with van der Waals surface area (Å²) in [6, 6.07) is 10.0. The highest BCUT2D eigenvalue weighted by molar-refractivity contribution is 7.99. The van der Waals surface area contributed by atoms with Crippen molar-refractivity contribution in [1.82, 2.24) is 9.97 Å². The van der Waals surface area contributed by atoms with E-state index in [2.05, 4.69) is 9.97 Å². The lowest BCUT2D eigenvalue weighted by molar-refractivity contribution is 0.398. The second-order valence-corrected chi connectivity index (χ2v) is 4.47. The highest BCUT2D eigenvalue weighted by Gasteiger charge is 2.05. The fourth-order valence-corrected chi connectivity index (χ4v) is 2.33. The van der Waals surface area contributed by atoms with Crippen molar-refractivity contribution in [3.8, 4) is 5.75 Å². The molecule has 2 aromatic rings. The van der Waals surface area contributed by atoms with Crippen LogP contribution in [0.2, 0.25) is 0 Å². The van der Waals surface area contributed by atoms with Crippen molar-refractivity contribution in [2.75, 3.05) is 7.11 Å². The fourth-order valence-electron chi connectivity index (χ4n) is 1.19. The van der Waals surface area contributed by atoms with Gasteiger partial charge in [-0.05, 0) is 24.4 Å². The molecule has 0 fully saturated rings. The zero-order valence-electron chi connectivity index (χ0n) is 8.64. The number of H-pyrrole nitrogens is 1. The summed E-state index contributed by atoms with van der Waals surface area (Å²) >= 11 is 6.55. The summed E-state index contributed by atoms with van der Waals surface area (Å²) in [5, 5.41) is 0.869. The van der Waals surface area contributed by atoms with E-state index in [1.807, 2.05) is 30.3 Å². The van der Waals surface area contributed by atoms with Gasteiger partial charge in [0, 0.05) is 4.90 Å². The Labute approximate surface area is 103 Å². The predicted molar refractivity (Wildman–Crippen MR) is 66.5 cm³/mol. The largest absolute Gasteiger partial charge is 0.492 e. The molecule has 0 spiro atoms. The molecule has 82 valence electrons. The lowest BCUT2D eigenvalue weighted by atomic mass is 10.4. The normalized spacial score (nSPS) is 10.1. The number of rotatable bonds is 3. The molecule has 0 atom stereocenters. The number of nitrogens with zero attached hydrogens (tertiary/aromatic N) is 1. The molecule has 1 N–H and O–H groups in total. The number of aromatic amines is 1. The number of hydrogen-bond acceptors (Lipinski definition) is 4. The summed E-state index contributed by atoms with van der Waals surface area (Å²) < 4.78 is 5.67. The number of methoxy groups -OCH3 is 1. The molecule has 0 radical (unpaired) electrons. The van der Waals surface area contributed by atoms with Crippen molar-refractivity contribution < 1.29 is 4.74 Å². The Morgan fingerprint density at radius 3 is 2.75 bits per heavy atom. The van der Waals surface area contributed by atoms with Gasteiger partial charge in [-0.25, -0.2) is 4.98 Å². The lowest BCUT2D eigenvalue weighted by Crippen LogP contribution is -1.92. The molecule has 0 aliphatic heterocycles. The van der Waals surface area contributed by atoms with E-state index in [-0.39, 0.29) is 0 Å². The van der Waals surface area contributed by atoms with Gasteiger partial charge in [0.15, 0.2) is 10.5 Å². The van der Waals surface area contributed by atoms with Crippen LogP contribution in [0.15, 0.2) is 46.5 Å². The maximum atomic E-state index is 5.21. The first-order valence-corrected chi connectivity index (χ1v) is 5.88. The van der Waals surface area contributed by atoms with Gasteiger partial charge in [-0.15, -0.1) is 0 Å². The van der Waals surface area contributed by atoms with Crippen molar-refractivity contribution >= 4 is 24.0 Å². The standard InChI is InChI=1S/C11H10N2OS2/c1-14-9-7-12-11(15)13-10(9)16-8-5-3-2-4-6-8/h2-7H,1H3,(H,12,13,15). The van der Waals surface area contributed by atoms with Crippen LogP contribution in [-0.2, 0) is 0 Å². The molecular weight excluding hydrogens is 240 g/mol. The van der Waals surface area contributed by atoms with E-state index in [0.717, 1.165) is 9.92 Å². The quantitative estimate of drug-likeness (QED) is 0.670. The molecule has 0 saturated heterocycles. The third-order valence-corrected chi connectivity index (χ3v) is 3.15. The van der Waals surface area contributed by atoms with Gasteiger partial charge in [-0.1, -0.05) is 30.0 Å². The van der Waals surface area contributed by atoms with Crippen LogP contribution < -0.4 is 4.74 Å². The number of nitrogens with one attached hydrogen (secondary N) is 1. The molecule has 0 bridgehead atoms. The Morgan fingerprint density at radius 1 is 1.31 bits per heavy atom. The molecule has 2 rings (SSSR count). The number of hydrogen-bond donors (Lipinski definition) is 1. The van der Waals surface area contributed by atoms with Crippen LogP contribution in [0.5, 0.6) is 5.75 Å². The van der Waals surface area contributed by atoms with Gasteiger partial charge in [0.05, 0.1) is 13.3 Å². The van der Waals surface area contributed by atoms with Gasteiger partial charge < -0.3 is 9.72 Å². The maximum absolute atomic E-state index is 5.21. The van der Waals surface area contributed by atoms with Crippen LogP contribution in [0.4, 0.5) is 0 Å². The van der Waals surface area contributed by atoms with Crippen molar-refractivity contribution in [2.45, 2.75) is 9.92 Å². The summed E-state index contributed by atoms with van der Waals surface area (Å²) in [7, 11) is 1.61. The van der Waals surface area contributed by atoms with Crippen molar-refractivity contribution in [1.29, 1.82) is 0 Å². The molecule has 3 nitrogen and oxygen atoms in total. The minimum Gasteiger partial charge on any atom is -0.492 e. The van der Waals surface area contributed by atoms with Crippen LogP contribution in [0.1, 0.15) is 0 Å². The molecular formula is C11H10N2OS2. The molecule has 0 aliphatic carbocycles. The second kappa shape index (κ2) is 5.14. The van der Waals surface area contributed by atoms with E-state index < -0.39 is 0 Å². The molecule has 5 heteroatoms. The van der Waals surface area contributed by atoms with Crippen LogP contribution in [-0.4, -0.2) is 17.1 Å². The molecule has 16 heavy (non-hydrogen) atoms. The topological polar surface area (TPSA) is 37.9 Å². The number of ether oxygens (including phenoxy) is 1. The summed E-state index contributed by atoms with van der Waals surface area (Å²) in [6.07, 6.45) is 1.63. The molecule has 0 unspecified atom stereocenters. The van der Waals surface area contributed by atoms with E-state index in [4.69, 9.17) is 17.0 Å². The minimum absolute atomic E-state index is 0.458. The molecule has 1 heterocycles. The Balaban J connectivity index is 2.34. The Morgan fingerprint density at radius 2 is 2.06 bits per heavy atom. The van der Waals surface area contributed by atoms with Crippen molar-refractivity contribution in [3.05, 3.63) is 41.3 Å². The second-order valence-electron chi connectivity index (χ2n) is 3.00. The summed E-state index contributed by atoms with van der Waals surface area (Å²) in [6.45, 7) is 0. The van der Waals surface area contributed by atoms with Gasteiger partial charge in [0.1, 0.15) is 5.03 Å². The van der Waals surface area contributed by atoms with E-state index in [1.165, 1.54) is 0 Å². The molecule has 0 saturated carbocycles. The average Bonchev–Trinajstić information content (AvgIpc) is 2.31. The summed E-state index contributed by atoms with van der Waals surface area (Å²) in [5.74, 6) is 0.697. The monoisotopic (exact) mass is 250 g/mol. The Bertz CT molecular complexity index is 525. The van der Waals surface area contributed by atoms with Crippen LogP contribution >= 0.6 is 24.0 Å². The first-order valence-electron chi connectivity index (χ1n) is 4.66. The van der Waals surface area contributed by atoms with Gasteiger partial charge in [0.2, 0.25) is 0 Å². The third-order valence-electron chi connectivity index (χ3n) is 1.93. The van der Waals surface area contributed by atoms with E-state index in [1.54, 1.807) is 25.1 Å². The first-order chi connectivity index (χ1) is 7.79. The van der Waals surface area contributed by atoms with Crippen LogP contribution in [0.25, 0.3) is 0 Å². The lowest BCUT2D eigenvalue weighted by Gasteiger charge is -2.06. The van der Waals surface area contributed by atoms with Gasteiger partial charge >= 0.3 is 0 Å². The van der Waals surface area contributed by atoms with Crippen molar-refractivity contribution in [3.63, 3.8) is 0 Å². The molecule has 0 aliphatic rings. The van der Waals surface area contributed by atoms with Gasteiger partial charge in [0.25, 0.3) is 0 Å². The van der Waals surface area contributed by atoms with Gasteiger partial charge in [-0.3, -0.25) is 0 Å². The highest BCUT2D eigenvalue weighted by atomic mass is 32.2. The molecule has 1 aromatic heterocycles. The number of aromatic nitrogens is 2. The first kappa shape index (κ1) is 11.2. The van der Waals surface area contributed by atoms with E-state index in [9.17, 15) is 0 Å². The highest BCUT2D eigenvalue weighted by Crippen LogP contribution is 2.31. The zero-order chi connectivity index (χ0) is 11.4. The van der Waals surface area contributed by atoms with Gasteiger partial charge in [-0.2, -0.15) is 0 Å². The average molecular weight is 250 g/mol. The molecule has 1 aromatic carbocycles. The SMILES string of the molecule is COc1cnc(=S)[nH]c1Sc1ccccc1.